The van der Waals surface area contributed by atoms with Crippen LogP contribution in [0.4, 0.5) is 4.79 Å². The van der Waals surface area contributed by atoms with E-state index in [2.05, 4.69) is 9.47 Å². The number of carbonyl (C=O) groups is 1. The Balaban J connectivity index is -0.0000000483. The van der Waals surface area contributed by atoms with E-state index < -0.39 is 6.16 Å². The molecule has 0 bridgehead atoms. The van der Waals surface area contributed by atoms with E-state index in [1.807, 2.05) is 0 Å². The standard InChI is InChI=1S/C4H10O2.CH2O3.2Na/c1-5-3-4-6-2;2-1(3)4;;/h3-4H2,1-2H3;(H2,2,3,4);;/q;;2*+1/p-2. The van der Waals surface area contributed by atoms with Gasteiger partial charge in [-0.1, -0.05) is 0 Å². The summed E-state index contributed by atoms with van der Waals surface area (Å²) in [5, 5.41) is 16.7. The van der Waals surface area contributed by atoms with Gasteiger partial charge in [0.25, 0.3) is 0 Å². The normalized spacial score (nSPS) is 6.50. The third-order valence-electron chi connectivity index (χ3n) is 0.492. The third kappa shape index (κ3) is 66.2. The molecule has 0 aromatic carbocycles. The molecule has 0 amide bonds. The number of hydrogen-bond acceptors (Lipinski definition) is 5. The fourth-order valence-electron chi connectivity index (χ4n) is 0.167. The van der Waals surface area contributed by atoms with E-state index in [-0.39, 0.29) is 59.1 Å². The maximum Gasteiger partial charge on any atom is 1.00 e. The molecule has 0 aliphatic carbocycles. The summed E-state index contributed by atoms with van der Waals surface area (Å²) in [5.41, 5.74) is 0. The minimum Gasteiger partial charge on any atom is -0.652 e. The molecule has 0 unspecified atom stereocenters. The van der Waals surface area contributed by atoms with Gasteiger partial charge < -0.3 is 24.5 Å². The maximum atomic E-state index is 8.33. The summed E-state index contributed by atoms with van der Waals surface area (Å²) in [6.07, 6.45) is -2.33. The minimum absolute atomic E-state index is 0. The summed E-state index contributed by atoms with van der Waals surface area (Å²) >= 11 is 0. The van der Waals surface area contributed by atoms with E-state index in [4.69, 9.17) is 15.0 Å². The molecule has 0 saturated carbocycles. The Hall–Kier alpha value is 1.19. The van der Waals surface area contributed by atoms with E-state index in [1.165, 1.54) is 0 Å². The molecule has 0 spiro atoms. The molecule has 0 aliphatic heterocycles. The van der Waals surface area contributed by atoms with Crippen LogP contribution in [0.1, 0.15) is 0 Å². The third-order valence-corrected chi connectivity index (χ3v) is 0.492. The fourth-order valence-corrected chi connectivity index (χ4v) is 0.167. The molecule has 0 heterocycles. The first-order chi connectivity index (χ1) is 4.65. The predicted molar refractivity (Wildman–Crippen MR) is 29.1 cm³/mol. The number of carbonyl (C=O) groups excluding carboxylic acids is 1. The Bertz CT molecular complexity index is 72.2. The van der Waals surface area contributed by atoms with Crippen molar-refractivity contribution >= 4 is 6.16 Å². The van der Waals surface area contributed by atoms with Gasteiger partial charge in [0, 0.05) is 14.2 Å². The van der Waals surface area contributed by atoms with Crippen LogP contribution in [-0.2, 0) is 9.47 Å². The van der Waals surface area contributed by atoms with E-state index in [0.717, 1.165) is 0 Å². The monoisotopic (exact) mass is 196 g/mol. The van der Waals surface area contributed by atoms with Crippen molar-refractivity contribution in [3.05, 3.63) is 0 Å². The van der Waals surface area contributed by atoms with Crippen LogP contribution in [0.5, 0.6) is 0 Å². The molecule has 7 heteroatoms. The van der Waals surface area contributed by atoms with E-state index >= 15 is 0 Å². The first-order valence-electron chi connectivity index (χ1n) is 2.51. The summed E-state index contributed by atoms with van der Waals surface area (Å²) in [6, 6.07) is 0. The van der Waals surface area contributed by atoms with Crippen LogP contribution < -0.4 is 69.3 Å². The van der Waals surface area contributed by atoms with Crippen LogP contribution in [0.2, 0.25) is 0 Å². The van der Waals surface area contributed by atoms with Gasteiger partial charge in [-0.05, 0) is 6.16 Å². The quantitative estimate of drug-likeness (QED) is 0.331. The average molecular weight is 196 g/mol. The summed E-state index contributed by atoms with van der Waals surface area (Å²) < 4.78 is 9.31. The van der Waals surface area contributed by atoms with Crippen LogP contribution >= 0.6 is 0 Å². The molecule has 0 aromatic rings. The van der Waals surface area contributed by atoms with Crippen LogP contribution in [0.25, 0.3) is 0 Å². The molecule has 62 valence electrons. The van der Waals surface area contributed by atoms with Gasteiger partial charge >= 0.3 is 59.1 Å². The van der Waals surface area contributed by atoms with Crippen molar-refractivity contribution in [2.75, 3.05) is 27.4 Å². The van der Waals surface area contributed by atoms with Gasteiger partial charge in [-0.25, -0.2) is 0 Å². The zero-order valence-electron chi connectivity index (χ0n) is 7.96. The number of rotatable bonds is 3. The molecule has 0 radical (unpaired) electrons. The second-order valence-electron chi connectivity index (χ2n) is 1.24. The minimum atomic E-state index is -2.33. The maximum absolute atomic E-state index is 8.33. The summed E-state index contributed by atoms with van der Waals surface area (Å²) in [7, 11) is 3.30. The van der Waals surface area contributed by atoms with Crippen LogP contribution in [0, 0.1) is 0 Å². The molecular formula is C5H10Na2O5. The molecule has 5 nitrogen and oxygen atoms in total. The number of hydrogen-bond donors (Lipinski definition) is 0. The Kier molecular flexibility index (Phi) is 44.0. The first kappa shape index (κ1) is 23.2. The Morgan fingerprint density at radius 2 is 1.25 bits per heavy atom. The van der Waals surface area contributed by atoms with Crippen LogP contribution in [0.3, 0.4) is 0 Å². The molecule has 12 heavy (non-hydrogen) atoms. The van der Waals surface area contributed by atoms with Crippen molar-refractivity contribution in [1.29, 1.82) is 0 Å². The van der Waals surface area contributed by atoms with E-state index in [9.17, 15) is 0 Å². The molecule has 0 atom stereocenters. The van der Waals surface area contributed by atoms with Crippen molar-refractivity contribution < 1.29 is 83.6 Å². The second kappa shape index (κ2) is 22.8. The Morgan fingerprint density at radius 1 is 1.08 bits per heavy atom. The van der Waals surface area contributed by atoms with Gasteiger partial charge in [0.2, 0.25) is 0 Å². The van der Waals surface area contributed by atoms with Crippen molar-refractivity contribution in [2.45, 2.75) is 0 Å². The molecule has 0 fully saturated rings. The van der Waals surface area contributed by atoms with Crippen LogP contribution in [0.15, 0.2) is 0 Å². The van der Waals surface area contributed by atoms with Gasteiger partial charge in [0.1, 0.15) is 0 Å². The van der Waals surface area contributed by atoms with Crippen LogP contribution in [-0.4, -0.2) is 33.6 Å². The zero-order valence-corrected chi connectivity index (χ0v) is 12.0. The number of carboxylic acid groups (broad SMARTS) is 2. The van der Waals surface area contributed by atoms with Gasteiger partial charge in [-0.3, -0.25) is 0 Å². The van der Waals surface area contributed by atoms with Crippen molar-refractivity contribution in [3.8, 4) is 0 Å². The summed E-state index contributed by atoms with van der Waals surface area (Å²) in [6.45, 7) is 1.38. The van der Waals surface area contributed by atoms with Gasteiger partial charge in [0.05, 0.1) is 13.2 Å². The molecule has 0 aromatic heterocycles. The molecule has 0 aliphatic rings. The summed E-state index contributed by atoms with van der Waals surface area (Å²) in [4.78, 5) is 8.33. The molecule has 0 saturated heterocycles. The molecule has 0 rings (SSSR count). The van der Waals surface area contributed by atoms with Gasteiger partial charge in [0.15, 0.2) is 0 Å². The molecular weight excluding hydrogens is 186 g/mol. The van der Waals surface area contributed by atoms with Crippen molar-refractivity contribution in [2.24, 2.45) is 0 Å². The van der Waals surface area contributed by atoms with Gasteiger partial charge in [-0.15, -0.1) is 0 Å². The average Bonchev–Trinajstić information content (AvgIpc) is 1.82. The summed E-state index contributed by atoms with van der Waals surface area (Å²) in [5.74, 6) is 0. The predicted octanol–water partition coefficient (Wildman–Crippen LogP) is -8.16. The van der Waals surface area contributed by atoms with E-state index in [0.29, 0.717) is 13.2 Å². The van der Waals surface area contributed by atoms with E-state index in [1.54, 1.807) is 14.2 Å². The van der Waals surface area contributed by atoms with Gasteiger partial charge in [-0.2, -0.15) is 0 Å². The topological polar surface area (TPSA) is 81.7 Å². The molecule has 0 N–H and O–H groups in total. The Labute approximate surface area is 116 Å². The number of methoxy groups -OCH3 is 2. The first-order valence-corrected chi connectivity index (χ1v) is 2.51. The SMILES string of the molecule is COCCOC.O=C([O-])[O-].[Na+].[Na+]. The largest absolute Gasteiger partial charge is 1.00 e. The number of ether oxygens (including phenoxy) is 2. The Morgan fingerprint density at radius 3 is 1.33 bits per heavy atom. The second-order valence-corrected chi connectivity index (χ2v) is 1.24. The fraction of sp³-hybridized carbons (Fsp3) is 0.800. The smallest absolute Gasteiger partial charge is 0.652 e. The van der Waals surface area contributed by atoms with Crippen molar-refractivity contribution in [3.63, 3.8) is 0 Å². The van der Waals surface area contributed by atoms with Crippen molar-refractivity contribution in [1.82, 2.24) is 0 Å². The zero-order chi connectivity index (χ0) is 8.41.